The molecule has 1 aromatic rings. The van der Waals surface area contributed by atoms with Gasteiger partial charge in [0.05, 0.1) is 6.61 Å². The van der Waals surface area contributed by atoms with Crippen molar-refractivity contribution in [2.45, 2.75) is 26.4 Å². The van der Waals surface area contributed by atoms with Gasteiger partial charge in [0.15, 0.2) is 0 Å². The molecule has 1 atom stereocenters. The number of ether oxygens (including phenoxy) is 1. The molecule has 1 aliphatic rings. The van der Waals surface area contributed by atoms with Crippen LogP contribution in [0.5, 0.6) is 0 Å². The van der Waals surface area contributed by atoms with E-state index in [-0.39, 0.29) is 5.60 Å². The van der Waals surface area contributed by atoms with E-state index in [0.29, 0.717) is 0 Å². The van der Waals surface area contributed by atoms with Crippen LogP contribution in [0.15, 0.2) is 12.1 Å². The van der Waals surface area contributed by atoms with Crippen molar-refractivity contribution in [3.8, 4) is 0 Å². The van der Waals surface area contributed by atoms with Gasteiger partial charge in [-0.1, -0.05) is 0 Å². The topological polar surface area (TPSA) is 25.4 Å². The molecule has 12 heavy (non-hydrogen) atoms. The molecule has 0 amide bonds. The second-order valence-electron chi connectivity index (χ2n) is 3.66. The second-order valence-corrected chi connectivity index (χ2v) is 3.66. The molecule has 0 spiro atoms. The van der Waals surface area contributed by atoms with Crippen molar-refractivity contribution in [3.05, 3.63) is 29.1 Å². The fraction of sp³-hybridized carbons (Fsp3) is 0.500. The van der Waals surface area contributed by atoms with Crippen LogP contribution in [0.1, 0.15) is 23.9 Å². The maximum absolute atomic E-state index is 5.36. The smallest absolute Gasteiger partial charge is 0.114 e. The van der Waals surface area contributed by atoms with Crippen LogP contribution in [-0.4, -0.2) is 11.6 Å². The van der Waals surface area contributed by atoms with E-state index < -0.39 is 0 Å². The summed E-state index contributed by atoms with van der Waals surface area (Å²) in [6.45, 7) is 6.99. The molecule has 0 saturated carbocycles. The van der Waals surface area contributed by atoms with E-state index in [0.717, 1.165) is 18.0 Å². The summed E-state index contributed by atoms with van der Waals surface area (Å²) >= 11 is 0. The molecule has 0 bridgehead atoms. The van der Waals surface area contributed by atoms with E-state index in [1.54, 1.807) is 0 Å². The number of aryl methyl sites for hydroxylation is 2. The third-order valence-electron chi connectivity index (χ3n) is 2.27. The molecule has 1 aromatic heterocycles. The highest BCUT2D eigenvalue weighted by atomic mass is 16.6. The molecule has 2 heteroatoms. The Hall–Kier alpha value is -0.890. The maximum atomic E-state index is 5.36. The first-order valence-corrected chi connectivity index (χ1v) is 4.20. The minimum atomic E-state index is -0.0154. The molecular formula is C10H13NO. The minimum absolute atomic E-state index is 0.0154. The van der Waals surface area contributed by atoms with Crippen LogP contribution in [0.4, 0.5) is 0 Å². The Balaban J connectivity index is 2.44. The fourth-order valence-electron chi connectivity index (χ4n) is 1.41. The van der Waals surface area contributed by atoms with Gasteiger partial charge in [-0.25, -0.2) is 0 Å². The van der Waals surface area contributed by atoms with Gasteiger partial charge >= 0.3 is 0 Å². The summed E-state index contributed by atoms with van der Waals surface area (Å²) in [5, 5.41) is 0. The number of nitrogens with zero attached hydrogens (tertiary/aromatic N) is 1. The number of epoxide rings is 1. The third-order valence-corrected chi connectivity index (χ3v) is 2.27. The zero-order chi connectivity index (χ0) is 8.77. The van der Waals surface area contributed by atoms with Gasteiger partial charge in [0.2, 0.25) is 0 Å². The van der Waals surface area contributed by atoms with Crippen molar-refractivity contribution in [3.63, 3.8) is 0 Å². The molecule has 0 radical (unpaired) electrons. The van der Waals surface area contributed by atoms with E-state index in [9.17, 15) is 0 Å². The Kier molecular flexibility index (Phi) is 1.48. The van der Waals surface area contributed by atoms with E-state index in [2.05, 4.69) is 24.0 Å². The Morgan fingerprint density at radius 1 is 1.33 bits per heavy atom. The predicted octanol–water partition coefficient (Wildman–Crippen LogP) is 1.94. The molecule has 0 aliphatic carbocycles. The lowest BCUT2D eigenvalue weighted by molar-refractivity contribution is 0.329. The first kappa shape index (κ1) is 7.74. The lowest BCUT2D eigenvalue weighted by Gasteiger charge is -2.07. The van der Waals surface area contributed by atoms with E-state index in [1.807, 2.05) is 13.8 Å². The summed E-state index contributed by atoms with van der Waals surface area (Å²) in [6.07, 6.45) is 0. The van der Waals surface area contributed by atoms with Crippen LogP contribution < -0.4 is 0 Å². The monoisotopic (exact) mass is 163 g/mol. The summed E-state index contributed by atoms with van der Waals surface area (Å²) in [6, 6.07) is 4.19. The Labute approximate surface area is 72.6 Å². The van der Waals surface area contributed by atoms with Gasteiger partial charge in [0.1, 0.15) is 5.60 Å². The Morgan fingerprint density at radius 3 is 2.25 bits per heavy atom. The summed E-state index contributed by atoms with van der Waals surface area (Å²) in [4.78, 5) is 4.32. The lowest BCUT2D eigenvalue weighted by atomic mass is 10.0. The molecule has 0 N–H and O–H groups in total. The number of hydrogen-bond acceptors (Lipinski definition) is 2. The largest absolute Gasteiger partial charge is 0.365 e. The zero-order valence-corrected chi connectivity index (χ0v) is 7.72. The Morgan fingerprint density at radius 2 is 1.83 bits per heavy atom. The molecular weight excluding hydrogens is 150 g/mol. The van der Waals surface area contributed by atoms with Crippen LogP contribution >= 0.6 is 0 Å². The molecule has 2 nitrogen and oxygen atoms in total. The third kappa shape index (κ3) is 1.23. The number of hydrogen-bond donors (Lipinski definition) is 0. The summed E-state index contributed by atoms with van der Waals surface area (Å²) in [7, 11) is 0. The number of rotatable bonds is 1. The normalized spacial score (nSPS) is 27.2. The number of pyridine rings is 1. The fourth-order valence-corrected chi connectivity index (χ4v) is 1.41. The molecule has 1 fully saturated rings. The first-order valence-electron chi connectivity index (χ1n) is 4.20. The second kappa shape index (κ2) is 2.30. The van der Waals surface area contributed by atoms with Crippen molar-refractivity contribution >= 4 is 0 Å². The van der Waals surface area contributed by atoms with Crippen LogP contribution in [-0.2, 0) is 10.3 Å². The van der Waals surface area contributed by atoms with Gasteiger partial charge in [-0.2, -0.15) is 0 Å². The van der Waals surface area contributed by atoms with E-state index in [1.165, 1.54) is 5.56 Å². The van der Waals surface area contributed by atoms with Crippen LogP contribution in [0.25, 0.3) is 0 Å². The Bertz CT molecular complexity index is 295. The average Bonchev–Trinajstić information content (AvgIpc) is 2.67. The van der Waals surface area contributed by atoms with Gasteiger partial charge in [0.25, 0.3) is 0 Å². The molecule has 2 rings (SSSR count). The minimum Gasteiger partial charge on any atom is -0.365 e. The van der Waals surface area contributed by atoms with Gasteiger partial charge < -0.3 is 4.74 Å². The van der Waals surface area contributed by atoms with Crippen molar-refractivity contribution in [1.82, 2.24) is 4.98 Å². The van der Waals surface area contributed by atoms with Gasteiger partial charge in [-0.05, 0) is 38.5 Å². The first-order chi connectivity index (χ1) is 5.60. The van der Waals surface area contributed by atoms with Crippen molar-refractivity contribution in [1.29, 1.82) is 0 Å². The highest BCUT2D eigenvalue weighted by Gasteiger charge is 2.41. The van der Waals surface area contributed by atoms with Crippen molar-refractivity contribution in [2.24, 2.45) is 0 Å². The molecule has 1 saturated heterocycles. The standard InChI is InChI=1S/C10H13NO/c1-7-4-9(5-8(2)11-7)10(3)6-12-10/h4-5H,6H2,1-3H3. The van der Waals surface area contributed by atoms with Gasteiger partial charge in [-0.3, -0.25) is 4.98 Å². The average molecular weight is 163 g/mol. The van der Waals surface area contributed by atoms with E-state index >= 15 is 0 Å². The molecule has 64 valence electrons. The zero-order valence-electron chi connectivity index (χ0n) is 7.72. The van der Waals surface area contributed by atoms with Gasteiger partial charge in [0, 0.05) is 11.4 Å². The molecule has 1 aliphatic heterocycles. The quantitative estimate of drug-likeness (QED) is 0.591. The van der Waals surface area contributed by atoms with Crippen molar-refractivity contribution < 1.29 is 4.74 Å². The van der Waals surface area contributed by atoms with Crippen LogP contribution in [0.2, 0.25) is 0 Å². The molecule has 0 aromatic carbocycles. The molecule has 2 heterocycles. The highest BCUT2D eigenvalue weighted by molar-refractivity contribution is 5.28. The van der Waals surface area contributed by atoms with Crippen LogP contribution in [0.3, 0.4) is 0 Å². The van der Waals surface area contributed by atoms with E-state index in [4.69, 9.17) is 4.74 Å². The van der Waals surface area contributed by atoms with Gasteiger partial charge in [-0.15, -0.1) is 0 Å². The van der Waals surface area contributed by atoms with Crippen LogP contribution in [0, 0.1) is 13.8 Å². The summed E-state index contributed by atoms with van der Waals surface area (Å²) < 4.78 is 5.36. The lowest BCUT2D eigenvalue weighted by Crippen LogP contribution is -2.03. The molecule has 1 unspecified atom stereocenters. The highest BCUT2D eigenvalue weighted by Crippen LogP contribution is 2.38. The summed E-state index contributed by atoms with van der Waals surface area (Å²) in [5.74, 6) is 0. The maximum Gasteiger partial charge on any atom is 0.114 e. The SMILES string of the molecule is Cc1cc(C2(C)CO2)cc(C)n1. The van der Waals surface area contributed by atoms with Crippen molar-refractivity contribution in [2.75, 3.05) is 6.61 Å². The predicted molar refractivity (Wildman–Crippen MR) is 47.0 cm³/mol. The number of aromatic nitrogens is 1. The summed E-state index contributed by atoms with van der Waals surface area (Å²) in [5.41, 5.74) is 3.38.